The second-order valence-corrected chi connectivity index (χ2v) is 5.67. The Morgan fingerprint density at radius 1 is 0.852 bits per heavy atom. The average Bonchev–Trinajstić information content (AvgIpc) is 3.21. The highest BCUT2D eigenvalue weighted by molar-refractivity contribution is 5.56. The predicted octanol–water partition coefficient (Wildman–Crippen LogP) is 2.66. The lowest BCUT2D eigenvalue weighted by molar-refractivity contribution is 0.323. The zero-order valence-corrected chi connectivity index (χ0v) is 15.5. The molecule has 0 saturated carbocycles. The van der Waals surface area contributed by atoms with E-state index < -0.39 is 0 Å². The van der Waals surface area contributed by atoms with Gasteiger partial charge >= 0.3 is 0 Å². The van der Waals surface area contributed by atoms with Gasteiger partial charge in [-0.1, -0.05) is 6.07 Å². The molecule has 0 aliphatic heterocycles. The fourth-order valence-electron chi connectivity index (χ4n) is 2.98. The highest BCUT2D eigenvalue weighted by atomic mass is 16.5. The number of ether oxygens (including phenoxy) is 4. The first-order valence-electron chi connectivity index (χ1n) is 8.13. The number of hydrogen-bond donors (Lipinski definition) is 1. The predicted molar refractivity (Wildman–Crippen MR) is 98.0 cm³/mol. The van der Waals surface area contributed by atoms with Crippen LogP contribution in [0.5, 0.6) is 28.7 Å². The fourth-order valence-corrected chi connectivity index (χ4v) is 2.98. The summed E-state index contributed by atoms with van der Waals surface area (Å²) in [6, 6.07) is 8.50. The summed E-state index contributed by atoms with van der Waals surface area (Å²) in [6.07, 6.45) is 3.06. The Morgan fingerprint density at radius 3 is 2.00 bits per heavy atom. The van der Waals surface area contributed by atoms with Gasteiger partial charge in [-0.25, -0.2) is 9.67 Å². The maximum Gasteiger partial charge on any atom is 0.203 e. The van der Waals surface area contributed by atoms with Crippen molar-refractivity contribution in [3.8, 4) is 28.7 Å². The van der Waals surface area contributed by atoms with Crippen LogP contribution < -0.4 is 18.9 Å². The van der Waals surface area contributed by atoms with Crippen LogP contribution >= 0.6 is 0 Å². The van der Waals surface area contributed by atoms with Gasteiger partial charge in [0.15, 0.2) is 23.0 Å². The third-order valence-corrected chi connectivity index (χ3v) is 4.22. The molecule has 2 aromatic carbocycles. The standard InChI is InChI=1S/C19H21N3O5/c1-24-15-6-5-12(7-14(15)23)18(22-11-20-10-21-22)13-8-16(25-2)19(27-4)17(9-13)26-3/h5-11,18,23H,1-4H3. The minimum Gasteiger partial charge on any atom is -0.504 e. The Balaban J connectivity index is 2.19. The second-order valence-electron chi connectivity index (χ2n) is 5.67. The maximum absolute atomic E-state index is 10.2. The molecule has 142 valence electrons. The molecule has 1 heterocycles. The zero-order valence-electron chi connectivity index (χ0n) is 15.5. The molecule has 3 rings (SSSR count). The van der Waals surface area contributed by atoms with Crippen LogP contribution in [0.15, 0.2) is 43.0 Å². The van der Waals surface area contributed by atoms with E-state index in [0.29, 0.717) is 23.0 Å². The molecule has 3 aromatic rings. The summed E-state index contributed by atoms with van der Waals surface area (Å²) in [4.78, 5) is 4.05. The summed E-state index contributed by atoms with van der Waals surface area (Å²) < 4.78 is 23.1. The first kappa shape index (κ1) is 18.4. The lowest BCUT2D eigenvalue weighted by Gasteiger charge is -2.21. The highest BCUT2D eigenvalue weighted by Crippen LogP contribution is 2.42. The quantitative estimate of drug-likeness (QED) is 0.683. The van der Waals surface area contributed by atoms with E-state index in [-0.39, 0.29) is 11.8 Å². The van der Waals surface area contributed by atoms with E-state index in [2.05, 4.69) is 10.1 Å². The van der Waals surface area contributed by atoms with Crippen LogP contribution in [0.2, 0.25) is 0 Å². The van der Waals surface area contributed by atoms with Crippen LogP contribution in [-0.2, 0) is 0 Å². The first-order chi connectivity index (χ1) is 13.1. The Morgan fingerprint density at radius 2 is 1.52 bits per heavy atom. The summed E-state index contributed by atoms with van der Waals surface area (Å²) in [6.45, 7) is 0. The van der Waals surface area contributed by atoms with Crippen molar-refractivity contribution < 1.29 is 24.1 Å². The number of aromatic nitrogens is 3. The van der Waals surface area contributed by atoms with E-state index in [9.17, 15) is 5.11 Å². The van der Waals surface area contributed by atoms with E-state index in [0.717, 1.165) is 11.1 Å². The van der Waals surface area contributed by atoms with Crippen LogP contribution in [0, 0.1) is 0 Å². The Bertz CT molecular complexity index is 887. The largest absolute Gasteiger partial charge is 0.504 e. The Kier molecular flexibility index (Phi) is 5.35. The van der Waals surface area contributed by atoms with Crippen molar-refractivity contribution in [1.82, 2.24) is 14.8 Å². The minimum absolute atomic E-state index is 0.0348. The number of phenols is 1. The number of aromatic hydroxyl groups is 1. The van der Waals surface area contributed by atoms with Crippen molar-refractivity contribution in [2.45, 2.75) is 6.04 Å². The van der Waals surface area contributed by atoms with Crippen molar-refractivity contribution in [3.05, 3.63) is 54.1 Å². The number of rotatable bonds is 7. The maximum atomic E-state index is 10.2. The molecule has 0 radical (unpaired) electrons. The fraction of sp³-hybridized carbons (Fsp3) is 0.263. The van der Waals surface area contributed by atoms with Crippen LogP contribution in [0.1, 0.15) is 17.2 Å². The summed E-state index contributed by atoms with van der Waals surface area (Å²) in [7, 11) is 6.18. The molecular formula is C19H21N3O5. The van der Waals surface area contributed by atoms with Crippen LogP contribution in [0.3, 0.4) is 0 Å². The summed E-state index contributed by atoms with van der Waals surface area (Å²) in [5.41, 5.74) is 1.60. The number of benzene rings is 2. The molecule has 8 heteroatoms. The van der Waals surface area contributed by atoms with E-state index in [1.165, 1.54) is 13.4 Å². The van der Waals surface area contributed by atoms with Gasteiger partial charge < -0.3 is 24.1 Å². The van der Waals surface area contributed by atoms with E-state index in [4.69, 9.17) is 18.9 Å². The molecule has 0 amide bonds. The Hall–Kier alpha value is -3.42. The van der Waals surface area contributed by atoms with Crippen molar-refractivity contribution in [3.63, 3.8) is 0 Å². The number of methoxy groups -OCH3 is 4. The van der Waals surface area contributed by atoms with Crippen molar-refractivity contribution >= 4 is 0 Å². The number of nitrogens with zero attached hydrogens (tertiary/aromatic N) is 3. The normalized spacial score (nSPS) is 11.7. The van der Waals surface area contributed by atoms with Crippen LogP contribution in [-0.4, -0.2) is 48.3 Å². The van der Waals surface area contributed by atoms with Gasteiger partial charge in [0.05, 0.1) is 28.4 Å². The van der Waals surface area contributed by atoms with E-state index in [1.54, 1.807) is 44.5 Å². The topological polar surface area (TPSA) is 87.9 Å². The highest BCUT2D eigenvalue weighted by Gasteiger charge is 2.23. The summed E-state index contributed by atoms with van der Waals surface area (Å²) >= 11 is 0. The van der Waals surface area contributed by atoms with Gasteiger partial charge in [0, 0.05) is 0 Å². The van der Waals surface area contributed by atoms with E-state index >= 15 is 0 Å². The molecule has 1 atom stereocenters. The average molecular weight is 371 g/mol. The molecule has 27 heavy (non-hydrogen) atoms. The Labute approximate surface area is 156 Å². The third-order valence-electron chi connectivity index (χ3n) is 4.22. The van der Waals surface area contributed by atoms with Gasteiger partial charge in [-0.2, -0.15) is 5.10 Å². The number of phenolic OH excluding ortho intramolecular Hbond substituents is 1. The molecule has 1 N–H and O–H groups in total. The lowest BCUT2D eigenvalue weighted by Crippen LogP contribution is -2.13. The molecular weight excluding hydrogens is 350 g/mol. The van der Waals surface area contributed by atoms with Gasteiger partial charge in [-0.3, -0.25) is 0 Å². The van der Waals surface area contributed by atoms with Gasteiger partial charge in [0.2, 0.25) is 5.75 Å². The van der Waals surface area contributed by atoms with Crippen molar-refractivity contribution in [2.75, 3.05) is 28.4 Å². The molecule has 0 aliphatic rings. The van der Waals surface area contributed by atoms with Crippen molar-refractivity contribution in [1.29, 1.82) is 0 Å². The summed E-state index contributed by atoms with van der Waals surface area (Å²) in [5, 5.41) is 14.5. The zero-order chi connectivity index (χ0) is 19.4. The third kappa shape index (κ3) is 3.46. The summed E-state index contributed by atoms with van der Waals surface area (Å²) in [5.74, 6) is 1.97. The minimum atomic E-state index is -0.377. The second kappa shape index (κ2) is 7.86. The molecule has 8 nitrogen and oxygen atoms in total. The molecule has 1 aromatic heterocycles. The van der Waals surface area contributed by atoms with Gasteiger partial charge in [0.25, 0.3) is 0 Å². The van der Waals surface area contributed by atoms with Gasteiger partial charge in [-0.15, -0.1) is 0 Å². The molecule has 0 fully saturated rings. The molecule has 0 bridgehead atoms. The molecule has 1 unspecified atom stereocenters. The van der Waals surface area contributed by atoms with Crippen LogP contribution in [0.4, 0.5) is 0 Å². The smallest absolute Gasteiger partial charge is 0.203 e. The molecule has 0 aliphatic carbocycles. The van der Waals surface area contributed by atoms with Gasteiger partial charge in [-0.05, 0) is 35.4 Å². The monoisotopic (exact) mass is 371 g/mol. The van der Waals surface area contributed by atoms with E-state index in [1.807, 2.05) is 18.2 Å². The SMILES string of the molecule is COc1ccc(C(c2cc(OC)c(OC)c(OC)c2)n2cncn2)cc1O. The van der Waals surface area contributed by atoms with Crippen LogP contribution in [0.25, 0.3) is 0 Å². The molecule has 0 saturated heterocycles. The van der Waals surface area contributed by atoms with Crippen molar-refractivity contribution in [2.24, 2.45) is 0 Å². The molecule has 0 spiro atoms. The lowest BCUT2D eigenvalue weighted by atomic mass is 9.97. The van der Waals surface area contributed by atoms with Gasteiger partial charge in [0.1, 0.15) is 18.7 Å². The first-order valence-corrected chi connectivity index (χ1v) is 8.13. The number of hydrogen-bond acceptors (Lipinski definition) is 7.